The zero-order valence-electron chi connectivity index (χ0n) is 9.03. The van der Waals surface area contributed by atoms with Crippen LogP contribution in [-0.4, -0.2) is 41.1 Å². The second-order valence-electron chi connectivity index (χ2n) is 3.82. The number of hydrogen-bond acceptors (Lipinski definition) is 2. The van der Waals surface area contributed by atoms with Gasteiger partial charge in [0.05, 0.1) is 0 Å². The molecule has 0 unspecified atom stereocenters. The van der Waals surface area contributed by atoms with Crippen LogP contribution in [0.3, 0.4) is 0 Å². The third kappa shape index (κ3) is 3.42. The first-order chi connectivity index (χ1) is 7.15. The molecule has 0 bridgehead atoms. The largest absolute Gasteiger partial charge is 0.465 e. The minimum absolute atomic E-state index is 0.0725. The van der Waals surface area contributed by atoms with Crippen molar-refractivity contribution in [1.29, 1.82) is 0 Å². The number of carbonyl (C=O) groups excluding carboxylic acids is 1. The molecule has 0 radical (unpaired) electrons. The molecule has 0 spiro atoms. The lowest BCUT2D eigenvalue weighted by Crippen LogP contribution is -2.47. The van der Waals surface area contributed by atoms with Crippen LogP contribution < -0.4 is 5.32 Å². The normalized spacial score (nSPS) is 22.3. The van der Waals surface area contributed by atoms with Crippen molar-refractivity contribution in [2.24, 2.45) is 0 Å². The molecule has 1 saturated heterocycles. The molecule has 5 nitrogen and oxygen atoms in total. The Hall–Kier alpha value is -1.26. The fourth-order valence-electron chi connectivity index (χ4n) is 1.88. The van der Waals surface area contributed by atoms with Gasteiger partial charge in [0.25, 0.3) is 0 Å². The zero-order valence-corrected chi connectivity index (χ0v) is 9.03. The van der Waals surface area contributed by atoms with Crippen molar-refractivity contribution in [2.45, 2.75) is 38.6 Å². The fraction of sp³-hybridized carbons (Fsp3) is 0.800. The predicted octanol–water partition coefficient (Wildman–Crippen LogP) is 1.05. The van der Waals surface area contributed by atoms with Gasteiger partial charge in [-0.3, -0.25) is 4.79 Å². The molecule has 0 aromatic heterocycles. The van der Waals surface area contributed by atoms with Gasteiger partial charge < -0.3 is 15.3 Å². The van der Waals surface area contributed by atoms with E-state index in [1.165, 1.54) is 0 Å². The van der Waals surface area contributed by atoms with Gasteiger partial charge in [-0.05, 0) is 25.7 Å². The summed E-state index contributed by atoms with van der Waals surface area (Å²) in [5.74, 6) is -0.0725. The number of carbonyl (C=O) groups is 2. The van der Waals surface area contributed by atoms with Crippen LogP contribution in [0.5, 0.6) is 0 Å². The predicted molar refractivity (Wildman–Crippen MR) is 55.7 cm³/mol. The third-order valence-electron chi connectivity index (χ3n) is 2.57. The number of likely N-dealkylation sites (tertiary alicyclic amines) is 1. The van der Waals surface area contributed by atoms with E-state index in [1.54, 1.807) is 4.90 Å². The summed E-state index contributed by atoms with van der Waals surface area (Å²) < 4.78 is 0. The van der Waals surface area contributed by atoms with Gasteiger partial charge in [0.1, 0.15) is 6.04 Å². The maximum atomic E-state index is 11.9. The third-order valence-corrected chi connectivity index (χ3v) is 2.57. The van der Waals surface area contributed by atoms with Gasteiger partial charge in [-0.2, -0.15) is 0 Å². The summed E-state index contributed by atoms with van der Waals surface area (Å²) in [7, 11) is 0. The molecule has 0 aromatic rings. The Balaban J connectivity index is 2.61. The Morgan fingerprint density at radius 3 is 2.93 bits per heavy atom. The molecule has 1 aliphatic heterocycles. The summed E-state index contributed by atoms with van der Waals surface area (Å²) in [5.41, 5.74) is 0. The molecular weight excluding hydrogens is 196 g/mol. The first-order valence-corrected chi connectivity index (χ1v) is 5.43. The van der Waals surface area contributed by atoms with Gasteiger partial charge in [0.15, 0.2) is 0 Å². The molecule has 86 valence electrons. The molecule has 1 heterocycles. The second kappa shape index (κ2) is 5.58. The quantitative estimate of drug-likeness (QED) is 0.737. The Morgan fingerprint density at radius 2 is 2.33 bits per heavy atom. The van der Waals surface area contributed by atoms with E-state index >= 15 is 0 Å². The topological polar surface area (TPSA) is 69.6 Å². The SMILES string of the molecule is CCCN1CCCC[C@@H](NC(=O)O)C1=O. The van der Waals surface area contributed by atoms with Crippen molar-refractivity contribution in [3.63, 3.8) is 0 Å². The molecule has 5 heteroatoms. The summed E-state index contributed by atoms with van der Waals surface area (Å²) in [4.78, 5) is 24.1. The standard InChI is InChI=1S/C10H18N2O3/c1-2-6-12-7-4-3-5-8(9(12)13)11-10(14)15/h8,11H,2-7H2,1H3,(H,14,15)/t8-/m1/s1. The number of carboxylic acid groups (broad SMARTS) is 1. The van der Waals surface area contributed by atoms with E-state index in [9.17, 15) is 9.59 Å². The van der Waals surface area contributed by atoms with Crippen LogP contribution in [0.1, 0.15) is 32.6 Å². The highest BCUT2D eigenvalue weighted by atomic mass is 16.4. The van der Waals surface area contributed by atoms with Gasteiger partial charge in [0, 0.05) is 13.1 Å². The van der Waals surface area contributed by atoms with Crippen LogP contribution in [0.2, 0.25) is 0 Å². The monoisotopic (exact) mass is 214 g/mol. The van der Waals surface area contributed by atoms with Crippen LogP contribution >= 0.6 is 0 Å². The van der Waals surface area contributed by atoms with Gasteiger partial charge in [0.2, 0.25) is 5.91 Å². The molecule has 15 heavy (non-hydrogen) atoms. The number of nitrogens with zero attached hydrogens (tertiary/aromatic N) is 1. The van der Waals surface area contributed by atoms with Crippen LogP contribution in [0.4, 0.5) is 4.79 Å². The van der Waals surface area contributed by atoms with E-state index in [2.05, 4.69) is 5.32 Å². The average Bonchev–Trinajstić information content (AvgIpc) is 2.33. The lowest BCUT2D eigenvalue weighted by molar-refractivity contribution is -0.132. The number of hydrogen-bond donors (Lipinski definition) is 2. The minimum atomic E-state index is -1.12. The number of nitrogens with one attached hydrogen (secondary N) is 1. The average molecular weight is 214 g/mol. The molecule has 1 rings (SSSR count). The number of rotatable bonds is 3. The maximum Gasteiger partial charge on any atom is 0.405 e. The molecule has 0 saturated carbocycles. The molecule has 2 N–H and O–H groups in total. The molecule has 1 atom stereocenters. The van der Waals surface area contributed by atoms with Crippen LogP contribution in [-0.2, 0) is 4.79 Å². The summed E-state index contributed by atoms with van der Waals surface area (Å²) in [6.07, 6.45) is 2.27. The summed E-state index contributed by atoms with van der Waals surface area (Å²) in [5, 5.41) is 10.9. The van der Waals surface area contributed by atoms with Crippen molar-refractivity contribution in [3.05, 3.63) is 0 Å². The summed E-state index contributed by atoms with van der Waals surface area (Å²) in [6, 6.07) is -0.545. The second-order valence-corrected chi connectivity index (χ2v) is 3.82. The highest BCUT2D eigenvalue weighted by Gasteiger charge is 2.27. The zero-order chi connectivity index (χ0) is 11.3. The van der Waals surface area contributed by atoms with E-state index in [-0.39, 0.29) is 5.91 Å². The van der Waals surface area contributed by atoms with Crippen LogP contribution in [0.25, 0.3) is 0 Å². The molecule has 1 fully saturated rings. The van der Waals surface area contributed by atoms with Gasteiger partial charge in [-0.25, -0.2) is 4.79 Å². The van der Waals surface area contributed by atoms with Crippen LogP contribution in [0.15, 0.2) is 0 Å². The van der Waals surface area contributed by atoms with Gasteiger partial charge in [-0.1, -0.05) is 6.92 Å². The van der Waals surface area contributed by atoms with Gasteiger partial charge >= 0.3 is 6.09 Å². The summed E-state index contributed by atoms with van der Waals surface area (Å²) in [6.45, 7) is 3.49. The Bertz CT molecular complexity index is 243. The highest BCUT2D eigenvalue weighted by Crippen LogP contribution is 2.12. The molecular formula is C10H18N2O3. The number of amides is 2. The first-order valence-electron chi connectivity index (χ1n) is 5.43. The van der Waals surface area contributed by atoms with E-state index < -0.39 is 12.1 Å². The van der Waals surface area contributed by atoms with Crippen LogP contribution in [0, 0.1) is 0 Å². The van der Waals surface area contributed by atoms with Gasteiger partial charge in [-0.15, -0.1) is 0 Å². The van der Waals surface area contributed by atoms with Crippen molar-refractivity contribution in [1.82, 2.24) is 10.2 Å². The highest BCUT2D eigenvalue weighted by molar-refractivity contribution is 5.85. The Morgan fingerprint density at radius 1 is 1.60 bits per heavy atom. The van der Waals surface area contributed by atoms with Crippen molar-refractivity contribution >= 4 is 12.0 Å². The molecule has 1 aliphatic rings. The molecule has 2 amide bonds. The van der Waals surface area contributed by atoms with E-state index in [1.807, 2.05) is 6.92 Å². The van der Waals surface area contributed by atoms with Crippen molar-refractivity contribution in [2.75, 3.05) is 13.1 Å². The Kier molecular flexibility index (Phi) is 4.39. The van der Waals surface area contributed by atoms with E-state index in [0.29, 0.717) is 6.42 Å². The molecule has 0 aromatic carbocycles. The lowest BCUT2D eigenvalue weighted by atomic mass is 10.1. The maximum absolute atomic E-state index is 11.9. The minimum Gasteiger partial charge on any atom is -0.465 e. The summed E-state index contributed by atoms with van der Waals surface area (Å²) >= 11 is 0. The van der Waals surface area contributed by atoms with E-state index in [4.69, 9.17) is 5.11 Å². The van der Waals surface area contributed by atoms with E-state index in [0.717, 1.165) is 32.4 Å². The lowest BCUT2D eigenvalue weighted by Gasteiger charge is -2.23. The van der Waals surface area contributed by atoms with Crippen molar-refractivity contribution in [3.8, 4) is 0 Å². The Labute approximate surface area is 89.4 Å². The fourth-order valence-corrected chi connectivity index (χ4v) is 1.88. The smallest absolute Gasteiger partial charge is 0.405 e. The van der Waals surface area contributed by atoms with Crippen molar-refractivity contribution < 1.29 is 14.7 Å². The first kappa shape index (κ1) is 11.8. The molecule has 0 aliphatic carbocycles.